The first-order valence-electron chi connectivity index (χ1n) is 23.3. The van der Waals surface area contributed by atoms with Crippen LogP contribution in [0.25, 0.3) is 77.7 Å². The molecule has 0 fully saturated rings. The average Bonchev–Trinajstić information content (AvgIpc) is 3.79. The molecule has 2 atom stereocenters. The second-order valence-corrected chi connectivity index (χ2v) is 17.0. The van der Waals surface area contributed by atoms with Crippen LogP contribution in [-0.2, 0) is 20.1 Å². The molecule has 2 aromatic heterocycles. The number of aliphatic hydroxyl groups is 2. The van der Waals surface area contributed by atoms with Gasteiger partial charge in [0.2, 0.25) is 0 Å². The second-order valence-electron chi connectivity index (χ2n) is 17.0. The number of H-pyrrole nitrogens is 1. The molecule has 0 saturated carbocycles. The number of fused-ring (bicyclic) bond motifs is 3. The van der Waals surface area contributed by atoms with Crippen molar-refractivity contribution in [1.82, 2.24) is 15.0 Å². The van der Waals surface area contributed by atoms with E-state index in [0.717, 1.165) is 45.1 Å². The van der Waals surface area contributed by atoms with E-state index in [-0.39, 0.29) is 32.3 Å². The summed E-state index contributed by atoms with van der Waals surface area (Å²) < 4.78 is 0. The third kappa shape index (κ3) is 11.9. The molecule has 2 heterocycles. The Balaban J connectivity index is 0.000000209. The van der Waals surface area contributed by atoms with Crippen LogP contribution in [0.15, 0.2) is 243 Å². The van der Waals surface area contributed by atoms with Gasteiger partial charge in [0.25, 0.3) is 0 Å². The van der Waals surface area contributed by atoms with E-state index in [1.165, 1.54) is 49.7 Å². The number of aromatic amines is 1. The summed E-state index contributed by atoms with van der Waals surface area (Å²) in [6.07, 6.45) is 1.32. The van der Waals surface area contributed by atoms with Crippen LogP contribution in [0.1, 0.15) is 20.3 Å². The largest absolute Gasteiger partial charge is 0.393 e. The zero-order chi connectivity index (χ0) is 47.4. The van der Waals surface area contributed by atoms with Crippen molar-refractivity contribution in [1.29, 1.82) is 0 Å². The van der Waals surface area contributed by atoms with E-state index in [1.807, 2.05) is 60.7 Å². The van der Waals surface area contributed by atoms with Gasteiger partial charge in [0.05, 0.1) is 23.4 Å². The van der Waals surface area contributed by atoms with Crippen molar-refractivity contribution < 1.29 is 30.3 Å². The molecule has 0 aliphatic heterocycles. The Morgan fingerprint density at radius 2 is 0.943 bits per heavy atom. The maximum Gasteiger partial charge on any atom is 0.106 e. The van der Waals surface area contributed by atoms with E-state index in [0.29, 0.717) is 6.42 Å². The molecule has 7 heteroatoms. The first kappa shape index (κ1) is 48.7. The van der Waals surface area contributed by atoms with Gasteiger partial charge in [0, 0.05) is 59.0 Å². The van der Waals surface area contributed by atoms with Gasteiger partial charge in [0.15, 0.2) is 0 Å². The maximum atomic E-state index is 8.56. The van der Waals surface area contributed by atoms with Crippen molar-refractivity contribution in [3.63, 3.8) is 0 Å². The molecule has 0 spiro atoms. The predicted octanol–water partition coefficient (Wildman–Crippen LogP) is 15.5. The summed E-state index contributed by atoms with van der Waals surface area (Å²) in [5, 5.41) is 19.6. The molecule has 0 saturated heterocycles. The van der Waals surface area contributed by atoms with Crippen LogP contribution >= 0.6 is 0 Å². The fourth-order valence-electron chi connectivity index (χ4n) is 8.54. The molecular formula is C63H53IrN4O2-. The van der Waals surface area contributed by atoms with Gasteiger partial charge in [0.1, 0.15) is 6.33 Å². The molecule has 11 rings (SSSR count). The van der Waals surface area contributed by atoms with E-state index >= 15 is 0 Å². The molecule has 6 nitrogen and oxygen atoms in total. The summed E-state index contributed by atoms with van der Waals surface area (Å²) in [7, 11) is 0. The molecule has 0 bridgehead atoms. The fourth-order valence-corrected chi connectivity index (χ4v) is 8.54. The van der Waals surface area contributed by atoms with Crippen molar-refractivity contribution in [2.75, 3.05) is 4.90 Å². The Kier molecular flexibility index (Phi) is 16.3. The molecule has 2 unspecified atom stereocenters. The Hall–Kier alpha value is -7.77. The predicted molar refractivity (Wildman–Crippen MR) is 287 cm³/mol. The van der Waals surface area contributed by atoms with Crippen LogP contribution in [0, 0.1) is 6.07 Å². The van der Waals surface area contributed by atoms with Crippen molar-refractivity contribution in [2.45, 2.75) is 32.5 Å². The maximum absolute atomic E-state index is 8.56. The van der Waals surface area contributed by atoms with Gasteiger partial charge in [-0.3, -0.25) is 4.98 Å². The van der Waals surface area contributed by atoms with Gasteiger partial charge >= 0.3 is 0 Å². The third-order valence-corrected chi connectivity index (χ3v) is 11.8. The number of anilines is 3. The smallest absolute Gasteiger partial charge is 0.106 e. The van der Waals surface area contributed by atoms with Crippen LogP contribution in [0.4, 0.5) is 17.1 Å². The van der Waals surface area contributed by atoms with Crippen LogP contribution in [0.2, 0.25) is 0 Å². The molecular weight excluding hydrogens is 1040 g/mol. The molecule has 0 aliphatic carbocycles. The summed E-state index contributed by atoms with van der Waals surface area (Å²) in [4.78, 5) is 14.6. The van der Waals surface area contributed by atoms with E-state index < -0.39 is 0 Å². The third-order valence-electron chi connectivity index (χ3n) is 11.8. The first-order chi connectivity index (χ1) is 33.9. The van der Waals surface area contributed by atoms with Gasteiger partial charge < -0.3 is 20.1 Å². The summed E-state index contributed by atoms with van der Waals surface area (Å²) in [6.45, 7) is 3.32. The number of para-hydroxylation sites is 2. The number of rotatable bonds is 10. The van der Waals surface area contributed by atoms with Crippen molar-refractivity contribution in [2.24, 2.45) is 0 Å². The number of aromatic nitrogens is 3. The van der Waals surface area contributed by atoms with E-state index in [9.17, 15) is 0 Å². The molecule has 1 radical (unpaired) electrons. The summed E-state index contributed by atoms with van der Waals surface area (Å²) in [6, 6.07) is 85.8. The average molecular weight is 1090 g/mol. The number of hydrogen-bond acceptors (Lipinski definition) is 5. The fraction of sp³-hybridized carbons (Fsp3) is 0.0794. The minimum Gasteiger partial charge on any atom is -0.393 e. The van der Waals surface area contributed by atoms with Crippen LogP contribution in [-0.4, -0.2) is 37.4 Å². The minimum absolute atomic E-state index is 0. The topological polar surface area (TPSA) is 85.3 Å². The van der Waals surface area contributed by atoms with Gasteiger partial charge in [-0.25, -0.2) is 4.98 Å². The number of nitrogens with zero attached hydrogens (tertiary/aromatic N) is 3. The van der Waals surface area contributed by atoms with Crippen LogP contribution in [0.3, 0.4) is 0 Å². The zero-order valence-electron chi connectivity index (χ0n) is 39.0. The standard InChI is InChI=1S/C42H30N2.C16H11N2.C5H12O2.Ir/c1-4-12-30(13-5-1)31-20-24-36(25-21-31)44(35-16-8-3-9-17-35)37-26-22-32(23-27-37)34-28-39(33-14-6-2-7-15-33)42-40(29-34)38-18-10-11-19-41(38)43-42;1-3-7-13(8-4-1)15-11-16(18-12-17-15)14-9-5-2-6-10-14;1-4(6)3-5(2)7;/h1-29,43H;1-9,11-12H;4-7H,3H2,1-2H3;/q;-1;;. The monoisotopic (exact) mass is 1090 g/mol. The van der Waals surface area contributed by atoms with Gasteiger partial charge in [-0.15, -0.1) is 35.9 Å². The van der Waals surface area contributed by atoms with Gasteiger partial charge in [-0.1, -0.05) is 158 Å². The molecule has 3 N–H and O–H groups in total. The van der Waals surface area contributed by atoms with E-state index in [1.54, 1.807) is 20.2 Å². The Morgan fingerprint density at radius 3 is 1.51 bits per heavy atom. The van der Waals surface area contributed by atoms with Crippen LogP contribution < -0.4 is 4.90 Å². The first-order valence-corrected chi connectivity index (χ1v) is 23.3. The second kappa shape index (κ2) is 23.5. The SMILES string of the molecule is CC(O)CC(C)O.[Ir].[c-]1ccccc1-c1cc(-c2ccccc2)ncn1.c1ccc(-c2ccc(N(c3ccccc3)c3ccc(-c4cc(-c5ccccc5)c5[nH]c6ccccc6c5c4)cc3)cc2)cc1. The summed E-state index contributed by atoms with van der Waals surface area (Å²) in [5.41, 5.74) is 16.8. The normalized spacial score (nSPS) is 11.5. The summed E-state index contributed by atoms with van der Waals surface area (Å²) >= 11 is 0. The quantitative estimate of drug-likeness (QED) is 0.119. The van der Waals surface area contributed by atoms with E-state index in [2.05, 4.69) is 202 Å². The van der Waals surface area contributed by atoms with Crippen molar-refractivity contribution >= 4 is 38.9 Å². The van der Waals surface area contributed by atoms with Crippen LogP contribution in [0.5, 0.6) is 0 Å². The number of benzene rings is 9. The minimum atomic E-state index is -0.375. The molecule has 11 aromatic rings. The molecule has 0 aliphatic rings. The Labute approximate surface area is 424 Å². The molecule has 0 amide bonds. The van der Waals surface area contributed by atoms with Gasteiger partial charge in [-0.2, -0.15) is 0 Å². The van der Waals surface area contributed by atoms with Gasteiger partial charge in [-0.05, 0) is 114 Å². The molecule has 9 aromatic carbocycles. The molecule has 347 valence electrons. The zero-order valence-corrected chi connectivity index (χ0v) is 41.4. The number of nitrogens with one attached hydrogen (secondary N) is 1. The van der Waals surface area contributed by atoms with Crippen molar-refractivity contribution in [3.8, 4) is 55.9 Å². The van der Waals surface area contributed by atoms with Crippen molar-refractivity contribution in [3.05, 3.63) is 249 Å². The summed E-state index contributed by atoms with van der Waals surface area (Å²) in [5.74, 6) is 0. The molecule has 70 heavy (non-hydrogen) atoms. The Morgan fingerprint density at radius 1 is 0.457 bits per heavy atom. The number of hydrogen-bond donors (Lipinski definition) is 3. The Bertz CT molecular complexity index is 3270. The number of aliphatic hydroxyl groups excluding tert-OH is 2. The van der Waals surface area contributed by atoms with E-state index in [4.69, 9.17) is 10.2 Å².